The summed E-state index contributed by atoms with van der Waals surface area (Å²) < 4.78 is 16.9. The lowest BCUT2D eigenvalue weighted by molar-refractivity contribution is -0.162. The first-order valence-corrected chi connectivity index (χ1v) is 9.17. The Morgan fingerprint density at radius 2 is 1.48 bits per heavy atom. The number of carboxylic acids is 1. The molecule has 1 saturated heterocycles. The highest BCUT2D eigenvalue weighted by Gasteiger charge is 2.40. The summed E-state index contributed by atoms with van der Waals surface area (Å²) in [6.07, 6.45) is -0.0243. The van der Waals surface area contributed by atoms with Gasteiger partial charge in [-0.3, -0.25) is 4.79 Å². The predicted octanol–water partition coefficient (Wildman–Crippen LogP) is 1.93. The Morgan fingerprint density at radius 3 is 1.89 bits per heavy atom. The molecule has 0 unspecified atom stereocenters. The quantitative estimate of drug-likeness (QED) is 0.709. The van der Waals surface area contributed by atoms with E-state index >= 15 is 0 Å². The third kappa shape index (κ3) is 4.63. The van der Waals surface area contributed by atoms with E-state index in [0.29, 0.717) is 42.6 Å². The summed E-state index contributed by atoms with van der Waals surface area (Å²) >= 11 is 0. The van der Waals surface area contributed by atoms with E-state index in [1.54, 1.807) is 12.1 Å². The van der Waals surface area contributed by atoms with Crippen LogP contribution in [0.3, 0.4) is 0 Å². The van der Waals surface area contributed by atoms with Crippen LogP contribution < -0.4 is 14.2 Å². The molecule has 1 aromatic carbocycles. The maximum Gasteiger partial charge on any atom is 0.335 e. The van der Waals surface area contributed by atoms with Crippen LogP contribution in [0.2, 0.25) is 0 Å². The zero-order chi connectivity index (χ0) is 20.0. The van der Waals surface area contributed by atoms with Crippen LogP contribution in [0.15, 0.2) is 12.1 Å². The molecule has 0 spiro atoms. The Morgan fingerprint density at radius 1 is 1.00 bits per heavy atom. The van der Waals surface area contributed by atoms with E-state index in [-0.39, 0.29) is 31.8 Å². The number of likely N-dealkylation sites (tertiary alicyclic amines) is 1. The summed E-state index contributed by atoms with van der Waals surface area (Å²) in [5.41, 5.74) is -1.41. The summed E-state index contributed by atoms with van der Waals surface area (Å²) in [6, 6.07) is 3.22. The van der Waals surface area contributed by atoms with E-state index in [1.807, 2.05) is 20.8 Å². The van der Waals surface area contributed by atoms with Gasteiger partial charge in [0.25, 0.3) is 5.91 Å². The summed E-state index contributed by atoms with van der Waals surface area (Å²) in [7, 11) is 0. The minimum Gasteiger partial charge on any atom is -0.490 e. The Hall–Kier alpha value is -2.48. The van der Waals surface area contributed by atoms with Gasteiger partial charge in [-0.2, -0.15) is 0 Å². The topological polar surface area (TPSA) is 106 Å². The van der Waals surface area contributed by atoms with E-state index in [9.17, 15) is 14.7 Å². The minimum absolute atomic E-state index is 0.0122. The fraction of sp³-hybridized carbons (Fsp3) is 0.579. The summed E-state index contributed by atoms with van der Waals surface area (Å²) in [6.45, 7) is 7.06. The van der Waals surface area contributed by atoms with Crippen molar-refractivity contribution < 1.29 is 34.0 Å². The molecule has 0 radical (unpaired) electrons. The molecule has 1 amide bonds. The molecule has 0 aromatic heterocycles. The molecule has 8 nitrogen and oxygen atoms in total. The molecule has 2 N–H and O–H groups in total. The molecule has 2 rings (SSSR count). The Bertz CT molecular complexity index is 654. The zero-order valence-electron chi connectivity index (χ0n) is 16.0. The van der Waals surface area contributed by atoms with Crippen molar-refractivity contribution in [3.05, 3.63) is 17.7 Å². The van der Waals surface area contributed by atoms with Gasteiger partial charge in [-0.05, 0) is 32.9 Å². The van der Waals surface area contributed by atoms with Crippen molar-refractivity contribution in [2.75, 3.05) is 32.9 Å². The number of aliphatic hydroxyl groups is 1. The molecule has 1 aliphatic rings. The summed E-state index contributed by atoms with van der Waals surface area (Å²) in [5.74, 6) is -0.225. The number of benzene rings is 1. The number of piperidine rings is 1. The van der Waals surface area contributed by atoms with E-state index in [0.717, 1.165) is 0 Å². The van der Waals surface area contributed by atoms with Gasteiger partial charge >= 0.3 is 5.97 Å². The van der Waals surface area contributed by atoms with E-state index in [1.165, 1.54) is 4.90 Å². The second-order valence-electron chi connectivity index (χ2n) is 6.23. The van der Waals surface area contributed by atoms with Gasteiger partial charge in [-0.1, -0.05) is 0 Å². The summed E-state index contributed by atoms with van der Waals surface area (Å²) in [4.78, 5) is 25.6. The zero-order valence-corrected chi connectivity index (χ0v) is 16.0. The monoisotopic (exact) mass is 381 g/mol. The van der Waals surface area contributed by atoms with Gasteiger partial charge in [0.05, 0.1) is 19.8 Å². The molecule has 150 valence electrons. The molecule has 0 saturated carbocycles. The maximum atomic E-state index is 12.9. The van der Waals surface area contributed by atoms with Gasteiger partial charge in [0, 0.05) is 31.5 Å². The highest BCUT2D eigenvalue weighted by atomic mass is 16.5. The molecule has 0 aliphatic carbocycles. The fourth-order valence-electron chi connectivity index (χ4n) is 2.99. The van der Waals surface area contributed by atoms with Crippen molar-refractivity contribution in [1.29, 1.82) is 0 Å². The SMILES string of the molecule is CCOc1cc(C(=O)N2CCC(O)(C(=O)O)CC2)cc(OCC)c1OCC. The number of rotatable bonds is 8. The van der Waals surface area contributed by atoms with Crippen molar-refractivity contribution >= 4 is 11.9 Å². The number of hydrogen-bond acceptors (Lipinski definition) is 6. The number of ether oxygens (including phenoxy) is 3. The van der Waals surface area contributed by atoms with Gasteiger partial charge in [-0.15, -0.1) is 0 Å². The van der Waals surface area contributed by atoms with Gasteiger partial charge in [0.15, 0.2) is 17.1 Å². The number of nitrogens with zero attached hydrogens (tertiary/aromatic N) is 1. The van der Waals surface area contributed by atoms with Crippen LogP contribution in [-0.4, -0.2) is 65.5 Å². The Kier molecular flexibility index (Phi) is 6.90. The largest absolute Gasteiger partial charge is 0.490 e. The first kappa shape index (κ1) is 20.8. The molecule has 0 bridgehead atoms. The molecule has 27 heavy (non-hydrogen) atoms. The molecule has 0 atom stereocenters. The van der Waals surface area contributed by atoms with E-state index < -0.39 is 11.6 Å². The standard InChI is InChI=1S/C19H27NO7/c1-4-25-14-11-13(12-15(26-5-2)16(14)27-6-3)17(21)20-9-7-19(24,8-10-20)18(22)23/h11-12,24H,4-10H2,1-3H3,(H,22,23). The lowest BCUT2D eigenvalue weighted by Crippen LogP contribution is -2.50. The molecule has 1 fully saturated rings. The van der Waals surface area contributed by atoms with Crippen LogP contribution >= 0.6 is 0 Å². The van der Waals surface area contributed by atoms with Gasteiger partial charge < -0.3 is 29.3 Å². The highest BCUT2D eigenvalue weighted by molar-refractivity contribution is 5.96. The first-order valence-electron chi connectivity index (χ1n) is 9.17. The molecule has 1 heterocycles. The molecular formula is C19H27NO7. The average molecular weight is 381 g/mol. The van der Waals surface area contributed by atoms with E-state index in [2.05, 4.69) is 0 Å². The first-order chi connectivity index (χ1) is 12.9. The van der Waals surface area contributed by atoms with Gasteiger partial charge in [0.1, 0.15) is 0 Å². The van der Waals surface area contributed by atoms with Crippen LogP contribution in [-0.2, 0) is 4.79 Å². The number of carboxylic acid groups (broad SMARTS) is 1. The summed E-state index contributed by atoms with van der Waals surface area (Å²) in [5, 5.41) is 19.2. The minimum atomic E-state index is -1.78. The number of hydrogen-bond donors (Lipinski definition) is 2. The van der Waals surface area contributed by atoms with Crippen LogP contribution in [0.4, 0.5) is 0 Å². The van der Waals surface area contributed by atoms with Crippen molar-refractivity contribution in [3.8, 4) is 17.2 Å². The Labute approximate surface area is 158 Å². The van der Waals surface area contributed by atoms with Crippen LogP contribution in [0.5, 0.6) is 17.2 Å². The number of carbonyl (C=O) groups excluding carboxylic acids is 1. The third-order valence-corrected chi connectivity index (χ3v) is 4.43. The normalized spacial score (nSPS) is 15.9. The van der Waals surface area contributed by atoms with E-state index in [4.69, 9.17) is 19.3 Å². The average Bonchev–Trinajstić information content (AvgIpc) is 2.64. The van der Waals surface area contributed by atoms with Crippen LogP contribution in [0.25, 0.3) is 0 Å². The van der Waals surface area contributed by atoms with Gasteiger partial charge in [-0.25, -0.2) is 4.79 Å². The second kappa shape index (κ2) is 8.94. The van der Waals surface area contributed by atoms with Crippen molar-refractivity contribution in [3.63, 3.8) is 0 Å². The number of amides is 1. The van der Waals surface area contributed by atoms with Crippen molar-refractivity contribution in [2.45, 2.75) is 39.2 Å². The smallest absolute Gasteiger partial charge is 0.335 e. The lowest BCUT2D eigenvalue weighted by atomic mass is 9.91. The molecular weight excluding hydrogens is 354 g/mol. The fourth-order valence-corrected chi connectivity index (χ4v) is 2.99. The maximum absolute atomic E-state index is 12.9. The number of aliphatic carboxylic acids is 1. The Balaban J connectivity index is 2.29. The predicted molar refractivity (Wildman–Crippen MR) is 97.7 cm³/mol. The number of carbonyl (C=O) groups is 2. The van der Waals surface area contributed by atoms with Crippen LogP contribution in [0.1, 0.15) is 44.0 Å². The van der Waals surface area contributed by atoms with Crippen molar-refractivity contribution in [2.24, 2.45) is 0 Å². The van der Waals surface area contributed by atoms with Crippen molar-refractivity contribution in [1.82, 2.24) is 4.90 Å². The lowest BCUT2D eigenvalue weighted by Gasteiger charge is -2.35. The molecule has 1 aromatic rings. The van der Waals surface area contributed by atoms with Gasteiger partial charge in [0.2, 0.25) is 5.75 Å². The molecule has 8 heteroatoms. The molecule has 1 aliphatic heterocycles. The highest BCUT2D eigenvalue weighted by Crippen LogP contribution is 2.39. The second-order valence-corrected chi connectivity index (χ2v) is 6.23. The third-order valence-electron chi connectivity index (χ3n) is 4.43. The van der Waals surface area contributed by atoms with Crippen LogP contribution in [0, 0.1) is 0 Å².